The van der Waals surface area contributed by atoms with E-state index in [9.17, 15) is 4.79 Å². The smallest absolute Gasteiger partial charge is 0.257 e. The molecule has 0 saturated carbocycles. The zero-order valence-electron chi connectivity index (χ0n) is 17.8. The van der Waals surface area contributed by atoms with Gasteiger partial charge < -0.3 is 14.8 Å². The molecule has 160 valence electrons. The molecule has 6 nitrogen and oxygen atoms in total. The molecule has 0 aromatic heterocycles. The van der Waals surface area contributed by atoms with Gasteiger partial charge in [-0.05, 0) is 54.8 Å². The van der Waals surface area contributed by atoms with E-state index in [2.05, 4.69) is 15.8 Å². The second kappa shape index (κ2) is 11.4. The van der Waals surface area contributed by atoms with Gasteiger partial charge in [-0.25, -0.2) is 0 Å². The molecule has 3 aromatic rings. The molecule has 0 spiro atoms. The lowest BCUT2D eigenvalue weighted by molar-refractivity contribution is -0.123. The number of ether oxygens (including phenoxy) is 2. The number of methoxy groups -OCH3 is 1. The third kappa shape index (κ3) is 7.19. The number of amides is 1. The summed E-state index contributed by atoms with van der Waals surface area (Å²) in [6, 6.07) is 23.4. The number of carbonyl (C=O) groups excluding carboxylic acids is 1. The van der Waals surface area contributed by atoms with Crippen LogP contribution in [0.15, 0.2) is 77.9 Å². The second-order valence-corrected chi connectivity index (χ2v) is 7.02. The van der Waals surface area contributed by atoms with Crippen molar-refractivity contribution < 1.29 is 14.3 Å². The van der Waals surface area contributed by atoms with Crippen LogP contribution in [0, 0.1) is 6.92 Å². The van der Waals surface area contributed by atoms with Crippen LogP contribution < -0.4 is 20.2 Å². The van der Waals surface area contributed by atoms with Gasteiger partial charge in [0.05, 0.1) is 19.0 Å². The Kier molecular flexibility index (Phi) is 8.05. The SMILES string of the molecule is COc1cc(C=NNc2ccc(C)cc2)ccc1OCC(=O)NCCc1ccccc1. The van der Waals surface area contributed by atoms with Crippen LogP contribution in [0.25, 0.3) is 0 Å². The molecule has 31 heavy (non-hydrogen) atoms. The second-order valence-electron chi connectivity index (χ2n) is 7.02. The summed E-state index contributed by atoms with van der Waals surface area (Å²) in [5.41, 5.74) is 7.12. The van der Waals surface area contributed by atoms with Crippen LogP contribution in [0.3, 0.4) is 0 Å². The number of nitrogens with zero attached hydrogens (tertiary/aromatic N) is 1. The molecule has 3 rings (SSSR count). The highest BCUT2D eigenvalue weighted by Gasteiger charge is 2.08. The Morgan fingerprint density at radius 3 is 2.52 bits per heavy atom. The number of hydrogen-bond acceptors (Lipinski definition) is 5. The van der Waals surface area contributed by atoms with E-state index in [0.29, 0.717) is 18.0 Å². The molecule has 6 heteroatoms. The largest absolute Gasteiger partial charge is 0.493 e. The predicted molar refractivity (Wildman–Crippen MR) is 124 cm³/mol. The van der Waals surface area contributed by atoms with Crippen LogP contribution in [-0.4, -0.2) is 32.4 Å². The topological polar surface area (TPSA) is 71.9 Å². The number of benzene rings is 3. The summed E-state index contributed by atoms with van der Waals surface area (Å²) in [5, 5.41) is 7.11. The van der Waals surface area contributed by atoms with Crippen LogP contribution in [0.4, 0.5) is 5.69 Å². The van der Waals surface area contributed by atoms with Gasteiger partial charge in [-0.3, -0.25) is 10.2 Å². The molecular weight excluding hydrogens is 390 g/mol. The Balaban J connectivity index is 1.48. The van der Waals surface area contributed by atoms with Crippen LogP contribution >= 0.6 is 0 Å². The monoisotopic (exact) mass is 417 g/mol. The van der Waals surface area contributed by atoms with Crippen molar-refractivity contribution in [3.63, 3.8) is 0 Å². The lowest BCUT2D eigenvalue weighted by atomic mass is 10.1. The Morgan fingerprint density at radius 2 is 1.77 bits per heavy atom. The standard InChI is InChI=1S/C25H27N3O3/c1-19-8-11-22(12-9-19)28-27-17-21-10-13-23(24(16-21)30-2)31-18-25(29)26-15-14-20-6-4-3-5-7-20/h3-13,16-17,28H,14-15,18H2,1-2H3,(H,26,29). The number of hydrazone groups is 1. The number of aryl methyl sites for hydroxylation is 1. The highest BCUT2D eigenvalue weighted by molar-refractivity contribution is 5.82. The predicted octanol–water partition coefficient (Wildman–Crippen LogP) is 4.19. The summed E-state index contributed by atoms with van der Waals surface area (Å²) in [5.74, 6) is 0.867. The van der Waals surface area contributed by atoms with Gasteiger partial charge in [0.15, 0.2) is 18.1 Å². The molecule has 0 unspecified atom stereocenters. The van der Waals surface area contributed by atoms with Crippen LogP contribution in [0.5, 0.6) is 11.5 Å². The normalized spacial score (nSPS) is 10.6. The maximum atomic E-state index is 12.1. The molecule has 2 N–H and O–H groups in total. The maximum Gasteiger partial charge on any atom is 0.257 e. The molecular formula is C25H27N3O3. The van der Waals surface area contributed by atoms with Gasteiger partial charge in [-0.15, -0.1) is 0 Å². The van der Waals surface area contributed by atoms with E-state index >= 15 is 0 Å². The first-order valence-electron chi connectivity index (χ1n) is 10.1. The quantitative estimate of drug-likeness (QED) is 0.383. The van der Waals surface area contributed by atoms with E-state index in [1.165, 1.54) is 11.1 Å². The summed E-state index contributed by atoms with van der Waals surface area (Å²) in [6.07, 6.45) is 2.48. The summed E-state index contributed by atoms with van der Waals surface area (Å²) in [7, 11) is 1.56. The lowest BCUT2D eigenvalue weighted by Gasteiger charge is -2.11. The molecule has 3 aromatic carbocycles. The van der Waals surface area contributed by atoms with Gasteiger partial charge in [-0.2, -0.15) is 5.10 Å². The van der Waals surface area contributed by atoms with E-state index < -0.39 is 0 Å². The summed E-state index contributed by atoms with van der Waals surface area (Å²) in [6.45, 7) is 2.53. The van der Waals surface area contributed by atoms with Crippen molar-refractivity contribution in [1.82, 2.24) is 5.32 Å². The fourth-order valence-corrected chi connectivity index (χ4v) is 2.88. The fraction of sp³-hybridized carbons (Fsp3) is 0.200. The Hall–Kier alpha value is -3.80. The van der Waals surface area contributed by atoms with Crippen molar-refractivity contribution in [3.05, 3.63) is 89.5 Å². The zero-order valence-corrected chi connectivity index (χ0v) is 17.8. The van der Waals surface area contributed by atoms with E-state index in [0.717, 1.165) is 17.7 Å². The van der Waals surface area contributed by atoms with Crippen molar-refractivity contribution in [2.24, 2.45) is 5.10 Å². The number of carbonyl (C=O) groups is 1. The van der Waals surface area contributed by atoms with E-state index in [1.54, 1.807) is 19.4 Å². The number of hydrogen-bond donors (Lipinski definition) is 2. The molecule has 0 aliphatic rings. The molecule has 0 bridgehead atoms. The highest BCUT2D eigenvalue weighted by Crippen LogP contribution is 2.27. The Bertz CT molecular complexity index is 1000. The van der Waals surface area contributed by atoms with Crippen molar-refractivity contribution >= 4 is 17.8 Å². The lowest BCUT2D eigenvalue weighted by Crippen LogP contribution is -2.30. The summed E-state index contributed by atoms with van der Waals surface area (Å²) in [4.78, 5) is 12.1. The average Bonchev–Trinajstić information content (AvgIpc) is 2.80. The van der Waals surface area contributed by atoms with Gasteiger partial charge in [0.1, 0.15) is 0 Å². The molecule has 0 heterocycles. The van der Waals surface area contributed by atoms with E-state index in [-0.39, 0.29) is 12.5 Å². The molecule has 0 radical (unpaired) electrons. The summed E-state index contributed by atoms with van der Waals surface area (Å²) >= 11 is 0. The van der Waals surface area contributed by atoms with Gasteiger partial charge >= 0.3 is 0 Å². The van der Waals surface area contributed by atoms with E-state index in [1.807, 2.05) is 73.7 Å². The highest BCUT2D eigenvalue weighted by atomic mass is 16.5. The minimum absolute atomic E-state index is 0.0758. The first-order valence-corrected chi connectivity index (χ1v) is 10.1. The third-order valence-electron chi connectivity index (χ3n) is 4.58. The third-order valence-corrected chi connectivity index (χ3v) is 4.58. The molecule has 0 atom stereocenters. The number of anilines is 1. The minimum Gasteiger partial charge on any atom is -0.493 e. The number of rotatable bonds is 10. The van der Waals surface area contributed by atoms with E-state index in [4.69, 9.17) is 9.47 Å². The minimum atomic E-state index is -0.175. The van der Waals surface area contributed by atoms with Gasteiger partial charge in [0.25, 0.3) is 5.91 Å². The molecule has 0 aliphatic carbocycles. The number of nitrogens with one attached hydrogen (secondary N) is 2. The zero-order chi connectivity index (χ0) is 21.9. The first kappa shape index (κ1) is 21.9. The van der Waals surface area contributed by atoms with Crippen molar-refractivity contribution in [1.29, 1.82) is 0 Å². The Morgan fingerprint density at radius 1 is 1.00 bits per heavy atom. The molecule has 0 saturated heterocycles. The van der Waals surface area contributed by atoms with Gasteiger partial charge in [0.2, 0.25) is 0 Å². The van der Waals surface area contributed by atoms with Crippen molar-refractivity contribution in [2.45, 2.75) is 13.3 Å². The van der Waals surface area contributed by atoms with Crippen molar-refractivity contribution in [3.8, 4) is 11.5 Å². The molecule has 0 fully saturated rings. The van der Waals surface area contributed by atoms with Crippen LogP contribution in [-0.2, 0) is 11.2 Å². The first-order chi connectivity index (χ1) is 15.1. The molecule has 0 aliphatic heterocycles. The van der Waals surface area contributed by atoms with Gasteiger partial charge in [0, 0.05) is 6.54 Å². The average molecular weight is 418 g/mol. The van der Waals surface area contributed by atoms with Crippen LogP contribution in [0.2, 0.25) is 0 Å². The fourth-order valence-electron chi connectivity index (χ4n) is 2.88. The Labute approximate surface area is 182 Å². The van der Waals surface area contributed by atoms with Crippen molar-refractivity contribution in [2.75, 3.05) is 25.7 Å². The van der Waals surface area contributed by atoms with Gasteiger partial charge in [-0.1, -0.05) is 48.0 Å². The van der Waals surface area contributed by atoms with Crippen LogP contribution in [0.1, 0.15) is 16.7 Å². The summed E-state index contributed by atoms with van der Waals surface area (Å²) < 4.78 is 11.0. The molecule has 1 amide bonds. The maximum absolute atomic E-state index is 12.1.